The lowest BCUT2D eigenvalue weighted by Gasteiger charge is -2.07. The standard InChI is InChI=1S/C6H10N2/c1-8(2)6-4-3-5-7-6/h3-5,7H,1-2H3. The molecule has 0 amide bonds. The monoisotopic (exact) mass is 110 g/mol. The largest absolute Gasteiger partial charge is 0.364 e. The highest BCUT2D eigenvalue weighted by Crippen LogP contribution is 2.03. The van der Waals surface area contributed by atoms with Crippen molar-refractivity contribution in [3.05, 3.63) is 18.3 Å². The second-order valence-corrected chi connectivity index (χ2v) is 1.95. The van der Waals surface area contributed by atoms with Crippen LogP contribution in [0.2, 0.25) is 0 Å². The van der Waals surface area contributed by atoms with E-state index in [2.05, 4.69) is 4.98 Å². The van der Waals surface area contributed by atoms with Crippen molar-refractivity contribution in [1.29, 1.82) is 0 Å². The maximum Gasteiger partial charge on any atom is 0.105 e. The lowest BCUT2D eigenvalue weighted by molar-refractivity contribution is 1.09. The van der Waals surface area contributed by atoms with Crippen molar-refractivity contribution in [3.8, 4) is 0 Å². The minimum atomic E-state index is 1.14. The summed E-state index contributed by atoms with van der Waals surface area (Å²) in [5.41, 5.74) is 0. The number of hydrogen-bond acceptors (Lipinski definition) is 1. The van der Waals surface area contributed by atoms with Crippen LogP contribution in [0.4, 0.5) is 5.82 Å². The molecule has 0 unspecified atom stereocenters. The Hall–Kier alpha value is -0.920. The normalized spacial score (nSPS) is 9.25. The Morgan fingerprint density at radius 1 is 1.50 bits per heavy atom. The van der Waals surface area contributed by atoms with Crippen molar-refractivity contribution >= 4 is 5.82 Å². The van der Waals surface area contributed by atoms with Gasteiger partial charge in [0.1, 0.15) is 5.82 Å². The number of aromatic nitrogens is 1. The van der Waals surface area contributed by atoms with Crippen molar-refractivity contribution < 1.29 is 0 Å². The van der Waals surface area contributed by atoms with E-state index in [1.165, 1.54) is 0 Å². The summed E-state index contributed by atoms with van der Waals surface area (Å²) in [7, 11) is 4.01. The van der Waals surface area contributed by atoms with Crippen LogP contribution in [0.15, 0.2) is 18.3 Å². The average molecular weight is 110 g/mol. The van der Waals surface area contributed by atoms with E-state index in [-0.39, 0.29) is 0 Å². The van der Waals surface area contributed by atoms with Crippen molar-refractivity contribution in [1.82, 2.24) is 4.98 Å². The van der Waals surface area contributed by atoms with Gasteiger partial charge in [-0.3, -0.25) is 0 Å². The molecular formula is C6H10N2. The number of nitrogens with zero attached hydrogens (tertiary/aromatic N) is 1. The summed E-state index contributed by atoms with van der Waals surface area (Å²) in [5, 5.41) is 0. The fraction of sp³-hybridized carbons (Fsp3) is 0.333. The van der Waals surface area contributed by atoms with Crippen LogP contribution in [-0.4, -0.2) is 19.1 Å². The minimum Gasteiger partial charge on any atom is -0.364 e. The predicted molar refractivity (Wildman–Crippen MR) is 35.1 cm³/mol. The fourth-order valence-electron chi connectivity index (χ4n) is 0.599. The van der Waals surface area contributed by atoms with Gasteiger partial charge in [-0.25, -0.2) is 0 Å². The molecule has 1 aromatic heterocycles. The SMILES string of the molecule is CN(C)c1ccc[nH]1. The zero-order chi connectivity index (χ0) is 5.98. The maximum absolute atomic E-state index is 3.06. The molecule has 0 saturated carbocycles. The first-order valence-electron chi connectivity index (χ1n) is 2.61. The van der Waals surface area contributed by atoms with Gasteiger partial charge in [0, 0.05) is 20.3 Å². The van der Waals surface area contributed by atoms with Crippen LogP contribution in [0.5, 0.6) is 0 Å². The Morgan fingerprint density at radius 2 is 2.25 bits per heavy atom. The molecule has 0 aliphatic heterocycles. The molecule has 2 heteroatoms. The van der Waals surface area contributed by atoms with E-state index in [0.29, 0.717) is 0 Å². The zero-order valence-corrected chi connectivity index (χ0v) is 5.18. The van der Waals surface area contributed by atoms with E-state index in [1.807, 2.05) is 37.3 Å². The molecule has 44 valence electrons. The third kappa shape index (κ3) is 0.832. The van der Waals surface area contributed by atoms with Gasteiger partial charge < -0.3 is 9.88 Å². The van der Waals surface area contributed by atoms with Crippen molar-refractivity contribution in [2.75, 3.05) is 19.0 Å². The van der Waals surface area contributed by atoms with Crippen molar-refractivity contribution in [2.24, 2.45) is 0 Å². The third-order valence-electron chi connectivity index (χ3n) is 1.06. The average Bonchev–Trinajstić information content (AvgIpc) is 2.12. The quantitative estimate of drug-likeness (QED) is 0.573. The number of aromatic amines is 1. The highest BCUT2D eigenvalue weighted by Gasteiger charge is 1.89. The molecule has 0 radical (unpaired) electrons. The van der Waals surface area contributed by atoms with Gasteiger partial charge in [0.25, 0.3) is 0 Å². The molecule has 8 heavy (non-hydrogen) atoms. The molecule has 0 aromatic carbocycles. The fourth-order valence-corrected chi connectivity index (χ4v) is 0.599. The summed E-state index contributed by atoms with van der Waals surface area (Å²) in [4.78, 5) is 5.09. The van der Waals surface area contributed by atoms with Gasteiger partial charge >= 0.3 is 0 Å². The van der Waals surface area contributed by atoms with Gasteiger partial charge in [-0.1, -0.05) is 0 Å². The molecule has 0 spiro atoms. The Balaban J connectivity index is 2.77. The first-order chi connectivity index (χ1) is 3.80. The smallest absolute Gasteiger partial charge is 0.105 e. The van der Waals surface area contributed by atoms with Crippen LogP contribution in [0, 0.1) is 0 Å². The van der Waals surface area contributed by atoms with Gasteiger partial charge in [-0.05, 0) is 12.1 Å². The molecule has 0 fully saturated rings. The molecule has 1 rings (SSSR count). The van der Waals surface area contributed by atoms with Gasteiger partial charge in [-0.15, -0.1) is 0 Å². The van der Waals surface area contributed by atoms with Crippen molar-refractivity contribution in [3.63, 3.8) is 0 Å². The summed E-state index contributed by atoms with van der Waals surface area (Å²) in [6.45, 7) is 0. The minimum absolute atomic E-state index is 1.14. The highest BCUT2D eigenvalue weighted by atomic mass is 15.1. The molecule has 1 N–H and O–H groups in total. The van der Waals surface area contributed by atoms with Crippen LogP contribution in [0.3, 0.4) is 0 Å². The summed E-state index contributed by atoms with van der Waals surface area (Å²) in [6, 6.07) is 4.01. The molecule has 0 aliphatic rings. The van der Waals surface area contributed by atoms with E-state index in [4.69, 9.17) is 0 Å². The van der Waals surface area contributed by atoms with Crippen LogP contribution in [-0.2, 0) is 0 Å². The Morgan fingerprint density at radius 3 is 2.50 bits per heavy atom. The molecular weight excluding hydrogens is 100 g/mol. The molecule has 0 aliphatic carbocycles. The van der Waals surface area contributed by atoms with Crippen molar-refractivity contribution in [2.45, 2.75) is 0 Å². The highest BCUT2D eigenvalue weighted by molar-refractivity contribution is 5.35. The molecule has 1 heterocycles. The summed E-state index contributed by atoms with van der Waals surface area (Å²) in [5.74, 6) is 1.14. The first-order valence-corrected chi connectivity index (χ1v) is 2.61. The predicted octanol–water partition coefficient (Wildman–Crippen LogP) is 1.08. The van der Waals surface area contributed by atoms with E-state index < -0.39 is 0 Å². The molecule has 0 bridgehead atoms. The van der Waals surface area contributed by atoms with E-state index in [0.717, 1.165) is 5.82 Å². The topological polar surface area (TPSA) is 19.0 Å². The number of H-pyrrole nitrogens is 1. The zero-order valence-electron chi connectivity index (χ0n) is 5.18. The van der Waals surface area contributed by atoms with E-state index in [9.17, 15) is 0 Å². The van der Waals surface area contributed by atoms with E-state index in [1.54, 1.807) is 0 Å². The molecule has 0 saturated heterocycles. The molecule has 2 nitrogen and oxygen atoms in total. The maximum atomic E-state index is 3.06. The van der Waals surface area contributed by atoms with Gasteiger partial charge in [-0.2, -0.15) is 0 Å². The Labute approximate surface area is 49.1 Å². The van der Waals surface area contributed by atoms with Gasteiger partial charge in [0.05, 0.1) is 0 Å². The number of rotatable bonds is 1. The molecule has 0 atom stereocenters. The molecule has 1 aromatic rings. The second kappa shape index (κ2) is 1.90. The Kier molecular flexibility index (Phi) is 1.24. The summed E-state index contributed by atoms with van der Waals surface area (Å²) >= 11 is 0. The van der Waals surface area contributed by atoms with Crippen LogP contribution >= 0.6 is 0 Å². The Bertz CT molecular complexity index is 142. The van der Waals surface area contributed by atoms with Crippen LogP contribution in [0.25, 0.3) is 0 Å². The van der Waals surface area contributed by atoms with Gasteiger partial charge in [0.2, 0.25) is 0 Å². The van der Waals surface area contributed by atoms with Gasteiger partial charge in [0.15, 0.2) is 0 Å². The van der Waals surface area contributed by atoms with Crippen LogP contribution < -0.4 is 4.90 Å². The number of nitrogens with one attached hydrogen (secondary N) is 1. The lowest BCUT2D eigenvalue weighted by atomic mass is 10.6. The number of anilines is 1. The summed E-state index contributed by atoms with van der Waals surface area (Å²) < 4.78 is 0. The van der Waals surface area contributed by atoms with Crippen LogP contribution in [0.1, 0.15) is 0 Å². The van der Waals surface area contributed by atoms with E-state index >= 15 is 0 Å². The number of hydrogen-bond donors (Lipinski definition) is 1. The first kappa shape index (κ1) is 5.22. The third-order valence-corrected chi connectivity index (χ3v) is 1.06. The summed E-state index contributed by atoms with van der Waals surface area (Å²) in [6.07, 6.45) is 1.91. The second-order valence-electron chi connectivity index (χ2n) is 1.95. The lowest BCUT2D eigenvalue weighted by Crippen LogP contribution is -2.08.